The quantitative estimate of drug-likeness (QED) is 0.424. The van der Waals surface area contributed by atoms with Crippen molar-refractivity contribution in [3.8, 4) is 0 Å². The van der Waals surface area contributed by atoms with Crippen molar-refractivity contribution in [1.82, 2.24) is 35.4 Å². The van der Waals surface area contributed by atoms with Gasteiger partial charge in [0.1, 0.15) is 0 Å². The van der Waals surface area contributed by atoms with Crippen molar-refractivity contribution < 1.29 is 14.4 Å². The number of likely N-dealkylation sites (N-methyl/N-ethyl adjacent to an activating group) is 1. The molecule has 1 aromatic carbocycles. The summed E-state index contributed by atoms with van der Waals surface area (Å²) in [7, 11) is 5.44. The molecule has 3 N–H and O–H groups in total. The molecule has 3 amide bonds. The van der Waals surface area contributed by atoms with Crippen molar-refractivity contribution in [1.29, 1.82) is 0 Å². The van der Waals surface area contributed by atoms with Gasteiger partial charge in [-0.3, -0.25) is 19.2 Å². The number of nitrogens with one attached hydrogen (secondary N) is 3. The molecule has 5 rings (SSSR count). The van der Waals surface area contributed by atoms with E-state index in [1.807, 2.05) is 7.05 Å². The summed E-state index contributed by atoms with van der Waals surface area (Å²) in [6.07, 6.45) is 2.17. The molecule has 1 aliphatic heterocycles. The van der Waals surface area contributed by atoms with E-state index in [0.29, 0.717) is 34.8 Å². The Hall–Kier alpha value is -3.35. The summed E-state index contributed by atoms with van der Waals surface area (Å²) in [5.74, 6) is -1.35. The van der Waals surface area contributed by atoms with Crippen molar-refractivity contribution in [3.63, 3.8) is 0 Å². The molecule has 3 atom stereocenters. The fourth-order valence-electron chi connectivity index (χ4n) is 5.20. The minimum Gasteiger partial charge on any atom is -0.349 e. The molecule has 11 nitrogen and oxygen atoms in total. The number of H-pyrrole nitrogens is 1. The third-order valence-electron chi connectivity index (χ3n) is 7.27. The van der Waals surface area contributed by atoms with Gasteiger partial charge in [0.15, 0.2) is 10.8 Å². The number of benzene rings is 1. The zero-order valence-electron chi connectivity index (χ0n) is 21.9. The SMILES string of the molecule is CN1CCc2nc(C(=O)N[C@H]3C[C@@H](C(=O)N(C)C)CC[C@@H]3NC(=O)c3nc4ccc(Cl)cc4c(=O)[nH]3)sc2C1. The number of halogens is 1. The first-order valence-electron chi connectivity index (χ1n) is 12.8. The van der Waals surface area contributed by atoms with Crippen LogP contribution in [0.5, 0.6) is 0 Å². The summed E-state index contributed by atoms with van der Waals surface area (Å²) in [5, 5.41) is 7.01. The van der Waals surface area contributed by atoms with Crippen LogP contribution in [-0.2, 0) is 17.8 Å². The zero-order chi connectivity index (χ0) is 27.8. The molecular formula is C26H30ClN7O4S. The Kier molecular flexibility index (Phi) is 7.70. The fourth-order valence-corrected chi connectivity index (χ4v) is 6.46. The fraction of sp³-hybridized carbons (Fsp3) is 0.462. The molecule has 1 saturated carbocycles. The average molecular weight is 572 g/mol. The highest BCUT2D eigenvalue weighted by Gasteiger charge is 2.37. The highest BCUT2D eigenvalue weighted by Crippen LogP contribution is 2.28. The summed E-state index contributed by atoms with van der Waals surface area (Å²) >= 11 is 7.36. The number of fused-ring (bicyclic) bond motifs is 2. The molecule has 2 aromatic heterocycles. The summed E-state index contributed by atoms with van der Waals surface area (Å²) < 4.78 is 0. The van der Waals surface area contributed by atoms with E-state index in [2.05, 4.69) is 30.5 Å². The molecule has 0 bridgehead atoms. The van der Waals surface area contributed by atoms with Gasteiger partial charge < -0.3 is 25.4 Å². The Morgan fingerprint density at radius 2 is 1.90 bits per heavy atom. The van der Waals surface area contributed by atoms with Crippen LogP contribution in [0.1, 0.15) is 50.3 Å². The zero-order valence-corrected chi connectivity index (χ0v) is 23.5. The largest absolute Gasteiger partial charge is 0.349 e. The van der Waals surface area contributed by atoms with E-state index in [-0.39, 0.29) is 28.9 Å². The van der Waals surface area contributed by atoms with Gasteiger partial charge in [0.25, 0.3) is 17.4 Å². The lowest BCUT2D eigenvalue weighted by atomic mass is 9.81. The summed E-state index contributed by atoms with van der Waals surface area (Å²) in [6, 6.07) is 3.68. The van der Waals surface area contributed by atoms with Gasteiger partial charge in [-0.15, -0.1) is 11.3 Å². The third-order valence-corrected chi connectivity index (χ3v) is 8.59. The molecule has 0 saturated heterocycles. The first kappa shape index (κ1) is 27.2. The molecule has 3 heterocycles. The molecule has 2 aliphatic rings. The number of thiazole rings is 1. The molecule has 0 radical (unpaired) electrons. The number of aromatic amines is 1. The number of amides is 3. The Bertz CT molecular complexity index is 1500. The Morgan fingerprint density at radius 3 is 2.67 bits per heavy atom. The van der Waals surface area contributed by atoms with E-state index < -0.39 is 23.6 Å². The maximum Gasteiger partial charge on any atom is 0.287 e. The van der Waals surface area contributed by atoms with E-state index in [9.17, 15) is 19.2 Å². The van der Waals surface area contributed by atoms with Gasteiger partial charge in [-0.25, -0.2) is 9.97 Å². The van der Waals surface area contributed by atoms with Crippen LogP contribution >= 0.6 is 22.9 Å². The predicted molar refractivity (Wildman–Crippen MR) is 148 cm³/mol. The minimum atomic E-state index is -0.571. The van der Waals surface area contributed by atoms with Gasteiger partial charge in [0.05, 0.1) is 22.6 Å². The third kappa shape index (κ3) is 5.82. The van der Waals surface area contributed by atoms with Crippen molar-refractivity contribution >= 4 is 51.6 Å². The molecule has 0 spiro atoms. The van der Waals surface area contributed by atoms with E-state index >= 15 is 0 Å². The summed E-state index contributed by atoms with van der Waals surface area (Å²) in [5.41, 5.74) is 0.818. The van der Waals surface area contributed by atoms with Crippen LogP contribution in [0.15, 0.2) is 23.0 Å². The standard InChI is InChI=1S/C26H30ClN7O4S/c1-33(2)26(38)13-4-6-17(29-23(36)21-28-16-7-5-14(27)11-15(16)22(35)32-21)19(10-13)30-24(37)25-31-18-8-9-34(3)12-20(18)39-25/h5,7,11,13,17,19H,4,6,8-10,12H2,1-3H3,(H,29,36)(H,30,37)(H,28,32,35)/t13-,17-,19-/m0/s1. The second-order valence-electron chi connectivity index (χ2n) is 10.4. The van der Waals surface area contributed by atoms with Crippen LogP contribution in [0.25, 0.3) is 10.9 Å². The Balaban J connectivity index is 1.36. The maximum atomic E-state index is 13.3. The van der Waals surface area contributed by atoms with Gasteiger partial charge in [0, 0.05) is 55.5 Å². The number of hydrogen-bond donors (Lipinski definition) is 3. The number of rotatable bonds is 5. The normalized spacial score (nSPS) is 21.3. The summed E-state index contributed by atoms with van der Waals surface area (Å²) in [4.78, 5) is 68.0. The molecule has 206 valence electrons. The van der Waals surface area contributed by atoms with Gasteiger partial charge in [0.2, 0.25) is 5.91 Å². The smallest absolute Gasteiger partial charge is 0.287 e. The second-order valence-corrected chi connectivity index (χ2v) is 11.9. The number of aromatic nitrogens is 3. The predicted octanol–water partition coefficient (Wildman–Crippen LogP) is 1.81. The number of nitrogens with zero attached hydrogens (tertiary/aromatic N) is 4. The van der Waals surface area contributed by atoms with Crippen LogP contribution in [0, 0.1) is 5.92 Å². The van der Waals surface area contributed by atoms with Gasteiger partial charge in [-0.2, -0.15) is 0 Å². The molecule has 1 aliphatic carbocycles. The van der Waals surface area contributed by atoms with Gasteiger partial charge >= 0.3 is 0 Å². The van der Waals surface area contributed by atoms with Gasteiger partial charge in [-0.05, 0) is 44.5 Å². The average Bonchev–Trinajstić information content (AvgIpc) is 3.33. The van der Waals surface area contributed by atoms with Crippen LogP contribution in [-0.4, -0.2) is 82.2 Å². The molecule has 13 heteroatoms. The van der Waals surface area contributed by atoms with Crippen LogP contribution in [0.3, 0.4) is 0 Å². The molecule has 1 fully saturated rings. The van der Waals surface area contributed by atoms with Crippen molar-refractivity contribution in [2.24, 2.45) is 5.92 Å². The van der Waals surface area contributed by atoms with Crippen LogP contribution in [0.4, 0.5) is 0 Å². The van der Waals surface area contributed by atoms with Crippen LogP contribution < -0.4 is 16.2 Å². The van der Waals surface area contributed by atoms with E-state index in [0.717, 1.165) is 30.1 Å². The lowest BCUT2D eigenvalue weighted by molar-refractivity contribution is -0.134. The first-order valence-corrected chi connectivity index (χ1v) is 14.0. The monoisotopic (exact) mass is 571 g/mol. The van der Waals surface area contributed by atoms with Crippen molar-refractivity contribution in [2.45, 2.75) is 44.3 Å². The summed E-state index contributed by atoms with van der Waals surface area (Å²) in [6.45, 7) is 1.64. The van der Waals surface area contributed by atoms with Gasteiger partial charge in [-0.1, -0.05) is 11.6 Å². The highest BCUT2D eigenvalue weighted by molar-refractivity contribution is 7.13. The molecule has 39 heavy (non-hydrogen) atoms. The first-order chi connectivity index (χ1) is 18.6. The second kappa shape index (κ2) is 11.0. The van der Waals surface area contributed by atoms with Crippen molar-refractivity contribution in [2.75, 3.05) is 27.7 Å². The number of carbonyl (C=O) groups excluding carboxylic acids is 3. The number of hydrogen-bond acceptors (Lipinski definition) is 8. The Labute approximate surface area is 234 Å². The highest BCUT2D eigenvalue weighted by atomic mass is 35.5. The topological polar surface area (TPSA) is 140 Å². The van der Waals surface area contributed by atoms with Crippen molar-refractivity contribution in [3.05, 3.63) is 55.0 Å². The minimum absolute atomic E-state index is 0.0223. The molecule has 3 aromatic rings. The van der Waals surface area contributed by atoms with E-state index in [4.69, 9.17) is 11.6 Å². The lowest BCUT2D eigenvalue weighted by Crippen LogP contribution is -2.56. The van der Waals surface area contributed by atoms with E-state index in [1.165, 1.54) is 17.4 Å². The molecular weight excluding hydrogens is 542 g/mol. The number of carbonyl (C=O) groups is 3. The maximum absolute atomic E-state index is 13.3. The Morgan fingerprint density at radius 1 is 1.13 bits per heavy atom. The van der Waals surface area contributed by atoms with Crippen LogP contribution in [0.2, 0.25) is 5.02 Å². The lowest BCUT2D eigenvalue weighted by Gasteiger charge is -2.37. The van der Waals surface area contributed by atoms with E-state index in [1.54, 1.807) is 31.1 Å². The molecule has 0 unspecified atom stereocenters.